The van der Waals surface area contributed by atoms with Crippen molar-refractivity contribution in [2.75, 3.05) is 26.1 Å². The summed E-state index contributed by atoms with van der Waals surface area (Å²) in [6.45, 7) is 5.67. The predicted octanol–water partition coefficient (Wildman–Crippen LogP) is 4.01. The molecule has 12 nitrogen and oxygen atoms in total. The number of methoxy groups -OCH3 is 1. The van der Waals surface area contributed by atoms with E-state index in [4.69, 9.17) is 10.3 Å². The number of carbonyl (C=O) groups is 2. The van der Waals surface area contributed by atoms with Crippen LogP contribution in [0.2, 0.25) is 0 Å². The van der Waals surface area contributed by atoms with Crippen LogP contribution >= 0.6 is 0 Å². The maximum Gasteiger partial charge on any atom is 0.225 e. The third-order valence-electron chi connectivity index (χ3n) is 7.64. The number of rotatable bonds is 7. The lowest BCUT2D eigenvalue weighted by atomic mass is 9.58. The Morgan fingerprint density at radius 3 is 2.65 bits per heavy atom. The monoisotopic (exact) mass is 508 g/mol. The number of azide groups is 1. The molecule has 1 aromatic rings. The molecule has 0 saturated heterocycles. The van der Waals surface area contributed by atoms with Crippen molar-refractivity contribution in [2.45, 2.75) is 38.3 Å². The van der Waals surface area contributed by atoms with Gasteiger partial charge in [0.1, 0.15) is 22.8 Å². The van der Waals surface area contributed by atoms with E-state index in [-0.39, 0.29) is 36.5 Å². The number of ketones is 2. The van der Waals surface area contributed by atoms with Gasteiger partial charge in [-0.25, -0.2) is 5.43 Å². The first-order valence-corrected chi connectivity index (χ1v) is 11.7. The van der Waals surface area contributed by atoms with Crippen molar-refractivity contribution < 1.29 is 24.5 Å². The van der Waals surface area contributed by atoms with E-state index < -0.39 is 40.3 Å². The second-order valence-electron chi connectivity index (χ2n) is 9.78. The Morgan fingerprint density at radius 2 is 2.05 bits per heavy atom. The van der Waals surface area contributed by atoms with Crippen molar-refractivity contribution >= 4 is 17.3 Å². The van der Waals surface area contributed by atoms with Gasteiger partial charge in [0.05, 0.1) is 6.61 Å². The average Bonchev–Trinajstić information content (AvgIpc) is 2.84. The number of aliphatic hydroxyl groups is 2. The number of Topliss-reactive ketones (excluding diaryl/α,β-unsaturated/α-hetero) is 2. The largest absolute Gasteiger partial charge is 0.511 e. The van der Waals surface area contributed by atoms with Crippen LogP contribution in [0.1, 0.15) is 39.9 Å². The quantitative estimate of drug-likeness (QED) is 0.162. The van der Waals surface area contributed by atoms with Gasteiger partial charge in [-0.05, 0) is 58.8 Å². The van der Waals surface area contributed by atoms with E-state index in [1.54, 1.807) is 14.0 Å². The summed E-state index contributed by atoms with van der Waals surface area (Å²) in [5.74, 6) is -3.92. The molecular formula is C25H28N6O6. The van der Waals surface area contributed by atoms with Gasteiger partial charge in [0, 0.05) is 50.4 Å². The number of aliphatic hydroxyl groups excluding tert-OH is 2. The van der Waals surface area contributed by atoms with Gasteiger partial charge >= 0.3 is 0 Å². The fourth-order valence-electron chi connectivity index (χ4n) is 5.97. The molecule has 3 aliphatic rings. The molecule has 12 heteroatoms. The van der Waals surface area contributed by atoms with E-state index in [0.717, 1.165) is 16.8 Å². The number of carbonyl (C=O) groups excluding carboxylic acids is 2. The number of benzene rings is 1. The lowest BCUT2D eigenvalue weighted by Crippen LogP contribution is -2.55. The second kappa shape index (κ2) is 9.38. The molecule has 0 aromatic heterocycles. The molecule has 3 atom stereocenters. The SMILES string of the molecule is C=C(NN=[N+]=[N-])C1=C(O)C[C@@H]2C[C@@H]3Cc4c(N(C)C)cc(COC)c(C)c4C(=O)C3=C(O)[C@]2(N=O)C1=O. The van der Waals surface area contributed by atoms with Gasteiger partial charge in [-0.1, -0.05) is 6.58 Å². The number of nitrogens with one attached hydrogen (secondary N) is 1. The first kappa shape index (κ1) is 25.9. The van der Waals surface area contributed by atoms with Gasteiger partial charge in [-0.3, -0.25) is 9.59 Å². The van der Waals surface area contributed by atoms with Crippen molar-refractivity contribution in [1.82, 2.24) is 5.43 Å². The topological polar surface area (TPSA) is 177 Å². The minimum absolute atomic E-state index is 0.0200. The predicted molar refractivity (Wildman–Crippen MR) is 135 cm³/mol. The number of fused-ring (bicyclic) bond motifs is 3. The highest BCUT2D eigenvalue weighted by Crippen LogP contribution is 2.53. The van der Waals surface area contributed by atoms with Crippen molar-refractivity contribution in [2.24, 2.45) is 22.2 Å². The van der Waals surface area contributed by atoms with E-state index in [1.165, 1.54) is 0 Å². The molecule has 3 N–H and O–H groups in total. The van der Waals surface area contributed by atoms with Gasteiger partial charge in [0.2, 0.25) is 11.3 Å². The van der Waals surface area contributed by atoms with Crippen molar-refractivity contribution in [3.63, 3.8) is 0 Å². The van der Waals surface area contributed by atoms with Crippen molar-refractivity contribution in [1.29, 1.82) is 0 Å². The van der Waals surface area contributed by atoms with Gasteiger partial charge in [0.25, 0.3) is 0 Å². The number of allylic oxidation sites excluding steroid dienone is 3. The summed E-state index contributed by atoms with van der Waals surface area (Å²) < 4.78 is 5.32. The molecule has 0 saturated carbocycles. The lowest BCUT2D eigenvalue weighted by molar-refractivity contribution is -0.123. The maximum atomic E-state index is 14.0. The van der Waals surface area contributed by atoms with Gasteiger partial charge in [-0.2, -0.15) is 4.91 Å². The maximum absolute atomic E-state index is 14.0. The number of hydrogen-bond acceptors (Lipinski definition) is 9. The highest BCUT2D eigenvalue weighted by Gasteiger charge is 2.62. The smallest absolute Gasteiger partial charge is 0.225 e. The molecule has 0 unspecified atom stereocenters. The van der Waals surface area contributed by atoms with Crippen LogP contribution in [0.5, 0.6) is 0 Å². The molecule has 0 fully saturated rings. The van der Waals surface area contributed by atoms with Crippen LogP contribution in [0.3, 0.4) is 0 Å². The molecule has 3 aliphatic carbocycles. The third kappa shape index (κ3) is 3.68. The number of nitrogens with zero attached hydrogens (tertiary/aromatic N) is 5. The van der Waals surface area contributed by atoms with E-state index >= 15 is 0 Å². The normalized spacial score (nSPS) is 24.5. The summed E-state index contributed by atoms with van der Waals surface area (Å²) >= 11 is 0. The van der Waals surface area contributed by atoms with Crippen LogP contribution < -0.4 is 10.3 Å². The molecule has 0 aliphatic heterocycles. The number of nitroso groups, excluding NO2 is 1. The van der Waals surface area contributed by atoms with Crippen LogP contribution in [-0.4, -0.2) is 48.5 Å². The first-order valence-electron chi connectivity index (χ1n) is 11.7. The molecule has 0 radical (unpaired) electrons. The first-order chi connectivity index (χ1) is 17.5. The molecule has 0 amide bonds. The summed E-state index contributed by atoms with van der Waals surface area (Å²) in [6.07, 6.45) is 0.399. The lowest BCUT2D eigenvalue weighted by Gasteiger charge is -2.45. The zero-order valence-electron chi connectivity index (χ0n) is 21.0. The third-order valence-corrected chi connectivity index (χ3v) is 7.64. The summed E-state index contributed by atoms with van der Waals surface area (Å²) in [5, 5.41) is 28.4. The zero-order chi connectivity index (χ0) is 27.2. The molecule has 194 valence electrons. The Bertz CT molecular complexity index is 1360. The van der Waals surface area contributed by atoms with Crippen LogP contribution in [-0.2, 0) is 22.6 Å². The fourth-order valence-corrected chi connectivity index (χ4v) is 5.97. The summed E-state index contributed by atoms with van der Waals surface area (Å²) in [7, 11) is 5.30. The Hall–Kier alpha value is -4.15. The average molecular weight is 509 g/mol. The minimum atomic E-state index is -2.32. The van der Waals surface area contributed by atoms with Crippen LogP contribution in [0.25, 0.3) is 10.4 Å². The number of ether oxygens (including phenoxy) is 1. The van der Waals surface area contributed by atoms with E-state index in [0.29, 0.717) is 17.5 Å². The van der Waals surface area contributed by atoms with Crippen molar-refractivity contribution in [3.05, 3.63) is 78.6 Å². The minimum Gasteiger partial charge on any atom is -0.511 e. The van der Waals surface area contributed by atoms with Gasteiger partial charge < -0.3 is 19.8 Å². The second-order valence-corrected chi connectivity index (χ2v) is 9.78. The summed E-state index contributed by atoms with van der Waals surface area (Å²) in [4.78, 5) is 44.4. The molecule has 0 heterocycles. The Morgan fingerprint density at radius 1 is 1.35 bits per heavy atom. The number of hydrogen-bond donors (Lipinski definition) is 3. The molecule has 0 bridgehead atoms. The Kier molecular flexibility index (Phi) is 6.57. The molecule has 37 heavy (non-hydrogen) atoms. The van der Waals surface area contributed by atoms with Gasteiger partial charge in [-0.15, -0.1) is 10.4 Å². The standard InChI is InChI=1S/C25H28N6O6/c1-11-14(10-37-5)8-17(31(3)4)16-7-13-6-15-9-18(32)20(12(2)27-30-29-26)23(34)25(15,28-36)24(35)21(13)22(33)19(11)16/h8,13,15,27,32,35H,2,6-7,9-10H2,1,3-5H3/t13-,15+,25-/m1/s1. The molecular weight excluding hydrogens is 480 g/mol. The van der Waals surface area contributed by atoms with Crippen LogP contribution in [0.4, 0.5) is 5.69 Å². The van der Waals surface area contributed by atoms with Crippen LogP contribution in [0.15, 0.2) is 51.4 Å². The zero-order valence-corrected chi connectivity index (χ0v) is 21.0. The highest BCUT2D eigenvalue weighted by atomic mass is 16.5. The molecule has 1 aromatic carbocycles. The molecule has 0 spiro atoms. The summed E-state index contributed by atoms with van der Waals surface area (Å²) in [6, 6.07) is 1.98. The van der Waals surface area contributed by atoms with E-state index in [9.17, 15) is 24.7 Å². The molecule has 4 rings (SSSR count). The van der Waals surface area contributed by atoms with Crippen LogP contribution in [0, 0.1) is 23.7 Å². The van der Waals surface area contributed by atoms with E-state index in [1.807, 2.05) is 25.1 Å². The van der Waals surface area contributed by atoms with E-state index in [2.05, 4.69) is 27.3 Å². The highest BCUT2D eigenvalue weighted by molar-refractivity contribution is 6.16. The van der Waals surface area contributed by atoms with Gasteiger partial charge in [0.15, 0.2) is 5.78 Å². The number of anilines is 1. The fraction of sp³-hybridized carbons (Fsp3) is 0.440. The Balaban J connectivity index is 1.92. The van der Waals surface area contributed by atoms with Crippen molar-refractivity contribution in [3.8, 4) is 0 Å². The Labute approximate surface area is 212 Å². The summed E-state index contributed by atoms with van der Waals surface area (Å²) in [5.41, 5.74) is 11.3.